The van der Waals surface area contributed by atoms with Gasteiger partial charge in [0, 0.05) is 26.3 Å². The number of carbonyl (C=O) groups excluding carboxylic acids is 1. The Labute approximate surface area is 190 Å². The van der Waals surface area contributed by atoms with Crippen LogP contribution in [0.15, 0.2) is 41.3 Å². The lowest BCUT2D eigenvalue weighted by atomic mass is 9.90. The lowest BCUT2D eigenvalue weighted by Crippen LogP contribution is -2.26. The van der Waals surface area contributed by atoms with E-state index < -0.39 is 9.84 Å². The zero-order valence-corrected chi connectivity index (χ0v) is 19.8. The molecular formula is C25H31NO5S. The number of hydrogen-bond acceptors (Lipinski definition) is 5. The summed E-state index contributed by atoms with van der Waals surface area (Å²) in [4.78, 5) is 15.4. The van der Waals surface area contributed by atoms with Crippen molar-refractivity contribution in [1.82, 2.24) is 4.90 Å². The van der Waals surface area contributed by atoms with Crippen LogP contribution < -0.4 is 4.74 Å². The summed E-state index contributed by atoms with van der Waals surface area (Å²) in [5.74, 6) is 0.687. The second-order valence-electron chi connectivity index (χ2n) is 8.80. The van der Waals surface area contributed by atoms with Gasteiger partial charge in [-0.2, -0.15) is 0 Å². The normalized spacial score (nSPS) is 16.9. The third kappa shape index (κ3) is 4.69. The molecule has 0 atom stereocenters. The first kappa shape index (κ1) is 22.8. The molecule has 32 heavy (non-hydrogen) atoms. The SMILES string of the molecule is CCS(=O)(=O)c1ccc(OC(C)C)c(C(=O)N2Cc3ccc(C4CCOCC4)cc3C2)c1. The van der Waals surface area contributed by atoms with E-state index in [9.17, 15) is 13.2 Å². The quantitative estimate of drug-likeness (QED) is 0.646. The van der Waals surface area contributed by atoms with Gasteiger partial charge in [0.2, 0.25) is 0 Å². The highest BCUT2D eigenvalue weighted by Gasteiger charge is 2.29. The Kier molecular flexibility index (Phi) is 6.58. The molecule has 0 saturated carbocycles. The van der Waals surface area contributed by atoms with Crippen LogP contribution in [0.5, 0.6) is 5.75 Å². The number of hydrogen-bond donors (Lipinski definition) is 0. The van der Waals surface area contributed by atoms with Crippen LogP contribution in [0.3, 0.4) is 0 Å². The molecule has 2 heterocycles. The average molecular weight is 458 g/mol. The smallest absolute Gasteiger partial charge is 0.258 e. The van der Waals surface area contributed by atoms with Gasteiger partial charge >= 0.3 is 0 Å². The highest BCUT2D eigenvalue weighted by Crippen LogP contribution is 2.33. The van der Waals surface area contributed by atoms with Gasteiger partial charge in [0.25, 0.3) is 5.91 Å². The minimum atomic E-state index is -3.43. The molecular weight excluding hydrogens is 426 g/mol. The van der Waals surface area contributed by atoms with Gasteiger partial charge in [-0.25, -0.2) is 8.42 Å². The van der Waals surface area contributed by atoms with Crippen molar-refractivity contribution in [2.24, 2.45) is 0 Å². The van der Waals surface area contributed by atoms with Gasteiger partial charge in [-0.15, -0.1) is 0 Å². The zero-order chi connectivity index (χ0) is 22.9. The van der Waals surface area contributed by atoms with E-state index >= 15 is 0 Å². The first-order chi connectivity index (χ1) is 15.3. The van der Waals surface area contributed by atoms with Crippen molar-refractivity contribution in [3.05, 3.63) is 58.7 Å². The Morgan fingerprint density at radius 2 is 1.81 bits per heavy atom. The molecule has 2 aliphatic heterocycles. The van der Waals surface area contributed by atoms with E-state index in [1.54, 1.807) is 17.9 Å². The van der Waals surface area contributed by atoms with Crippen molar-refractivity contribution in [1.29, 1.82) is 0 Å². The molecule has 1 amide bonds. The van der Waals surface area contributed by atoms with Crippen molar-refractivity contribution < 1.29 is 22.7 Å². The summed E-state index contributed by atoms with van der Waals surface area (Å²) < 4.78 is 36.2. The number of amides is 1. The molecule has 2 aromatic carbocycles. The van der Waals surface area contributed by atoms with Crippen molar-refractivity contribution >= 4 is 15.7 Å². The summed E-state index contributed by atoms with van der Waals surface area (Å²) in [5.41, 5.74) is 3.90. The van der Waals surface area contributed by atoms with Gasteiger partial charge in [0.15, 0.2) is 9.84 Å². The van der Waals surface area contributed by atoms with Crippen molar-refractivity contribution in [2.75, 3.05) is 19.0 Å². The second-order valence-corrected chi connectivity index (χ2v) is 11.1. The lowest BCUT2D eigenvalue weighted by molar-refractivity contribution is 0.0745. The number of rotatable bonds is 6. The maximum atomic E-state index is 13.5. The van der Waals surface area contributed by atoms with Gasteiger partial charge in [0.05, 0.1) is 22.3 Å². The highest BCUT2D eigenvalue weighted by atomic mass is 32.2. The van der Waals surface area contributed by atoms with Crippen LogP contribution in [-0.2, 0) is 27.7 Å². The van der Waals surface area contributed by atoms with Crippen LogP contribution in [0.1, 0.15) is 66.6 Å². The summed E-state index contributed by atoms with van der Waals surface area (Å²) in [6, 6.07) is 11.1. The first-order valence-corrected chi connectivity index (χ1v) is 13.0. The van der Waals surface area contributed by atoms with E-state index in [1.165, 1.54) is 17.7 Å². The molecule has 0 aromatic heterocycles. The number of sulfone groups is 1. The van der Waals surface area contributed by atoms with Crippen LogP contribution in [0.4, 0.5) is 0 Å². The number of nitrogens with zero attached hydrogens (tertiary/aromatic N) is 1. The zero-order valence-electron chi connectivity index (χ0n) is 19.0. The fourth-order valence-corrected chi connectivity index (χ4v) is 5.31. The van der Waals surface area contributed by atoms with Gasteiger partial charge in [-0.3, -0.25) is 4.79 Å². The van der Waals surface area contributed by atoms with Gasteiger partial charge in [-0.05, 0) is 67.5 Å². The molecule has 0 radical (unpaired) electrons. The largest absolute Gasteiger partial charge is 0.490 e. The predicted molar refractivity (Wildman–Crippen MR) is 123 cm³/mol. The average Bonchev–Trinajstić information content (AvgIpc) is 3.22. The maximum absolute atomic E-state index is 13.5. The summed E-state index contributed by atoms with van der Waals surface area (Å²) >= 11 is 0. The van der Waals surface area contributed by atoms with Crippen LogP contribution in [0, 0.1) is 0 Å². The van der Waals surface area contributed by atoms with Crippen molar-refractivity contribution in [3.8, 4) is 5.75 Å². The van der Waals surface area contributed by atoms with E-state index in [0.29, 0.717) is 30.3 Å². The third-order valence-corrected chi connectivity index (χ3v) is 7.95. The predicted octanol–water partition coefficient (Wildman–Crippen LogP) is 4.32. The Balaban J connectivity index is 1.61. The van der Waals surface area contributed by atoms with E-state index in [-0.39, 0.29) is 22.7 Å². The number of benzene rings is 2. The monoisotopic (exact) mass is 457 g/mol. The van der Waals surface area contributed by atoms with E-state index in [2.05, 4.69) is 18.2 Å². The lowest BCUT2D eigenvalue weighted by Gasteiger charge is -2.22. The Hall–Kier alpha value is -2.38. The minimum absolute atomic E-state index is 0.0187. The minimum Gasteiger partial charge on any atom is -0.490 e. The Morgan fingerprint density at radius 1 is 1.09 bits per heavy atom. The van der Waals surface area contributed by atoms with Gasteiger partial charge < -0.3 is 14.4 Å². The van der Waals surface area contributed by atoms with E-state index in [4.69, 9.17) is 9.47 Å². The van der Waals surface area contributed by atoms with Crippen molar-refractivity contribution in [2.45, 2.75) is 63.6 Å². The Morgan fingerprint density at radius 3 is 2.50 bits per heavy atom. The fraction of sp³-hybridized carbons (Fsp3) is 0.480. The molecule has 6 nitrogen and oxygen atoms in total. The summed E-state index contributed by atoms with van der Waals surface area (Å²) in [6.07, 6.45) is 1.92. The number of ether oxygens (including phenoxy) is 2. The molecule has 7 heteroatoms. The van der Waals surface area contributed by atoms with Crippen molar-refractivity contribution in [3.63, 3.8) is 0 Å². The molecule has 1 saturated heterocycles. The maximum Gasteiger partial charge on any atom is 0.258 e. The van der Waals surface area contributed by atoms with E-state index in [1.807, 2.05) is 13.8 Å². The molecule has 0 N–H and O–H groups in total. The molecule has 0 aliphatic carbocycles. The van der Waals surface area contributed by atoms with Crippen LogP contribution >= 0.6 is 0 Å². The fourth-order valence-electron chi connectivity index (χ4n) is 4.41. The van der Waals surface area contributed by atoms with Gasteiger partial charge in [0.1, 0.15) is 5.75 Å². The summed E-state index contributed by atoms with van der Waals surface area (Å²) in [7, 11) is -3.43. The van der Waals surface area contributed by atoms with Crippen LogP contribution in [-0.4, -0.2) is 44.3 Å². The van der Waals surface area contributed by atoms with Crippen LogP contribution in [0.25, 0.3) is 0 Å². The molecule has 2 aromatic rings. The molecule has 1 fully saturated rings. The summed E-state index contributed by atoms with van der Waals surface area (Å²) in [6.45, 7) is 7.97. The van der Waals surface area contributed by atoms with Crippen LogP contribution in [0.2, 0.25) is 0 Å². The Bertz CT molecular complexity index is 1100. The highest BCUT2D eigenvalue weighted by molar-refractivity contribution is 7.91. The number of carbonyl (C=O) groups is 1. The molecule has 0 spiro atoms. The second kappa shape index (κ2) is 9.24. The molecule has 0 bridgehead atoms. The standard InChI is InChI=1S/C25H31NO5S/c1-4-32(28,29)22-7-8-24(31-17(2)3)23(14-22)25(27)26-15-20-6-5-19(13-21(20)16-26)18-9-11-30-12-10-18/h5-8,13-14,17-18H,4,9-12,15-16H2,1-3H3. The molecule has 2 aliphatic rings. The van der Waals surface area contributed by atoms with E-state index in [0.717, 1.165) is 37.2 Å². The molecule has 0 unspecified atom stereocenters. The molecule has 172 valence electrons. The first-order valence-electron chi connectivity index (χ1n) is 11.3. The summed E-state index contributed by atoms with van der Waals surface area (Å²) in [5, 5.41) is 0. The van der Waals surface area contributed by atoms with Gasteiger partial charge in [-0.1, -0.05) is 25.1 Å². The molecule has 4 rings (SSSR count). The number of fused-ring (bicyclic) bond motifs is 1. The topological polar surface area (TPSA) is 72.9 Å². The third-order valence-electron chi connectivity index (χ3n) is 6.22.